The van der Waals surface area contributed by atoms with Crippen molar-refractivity contribution in [1.82, 2.24) is 14.5 Å². The lowest BCUT2D eigenvalue weighted by Crippen LogP contribution is -2.00. The molecule has 5 nitrogen and oxygen atoms in total. The predicted molar refractivity (Wildman–Crippen MR) is 220 cm³/mol. The molecule has 0 aliphatic rings. The van der Waals surface area contributed by atoms with Crippen LogP contribution in [-0.4, -0.2) is 19.6 Å². The Kier molecular flexibility index (Phi) is 6.70. The van der Waals surface area contributed by atoms with E-state index in [4.69, 9.17) is 18.5 Å². The lowest BCUT2D eigenvalue weighted by atomic mass is 9.95. The van der Waals surface area contributed by atoms with Crippen LogP contribution in [0.15, 0.2) is 180 Å². The van der Waals surface area contributed by atoms with Crippen LogP contribution in [0.2, 0.25) is 0 Å². The highest BCUT2D eigenvalue weighted by atomic mass is 16.3. The van der Waals surface area contributed by atoms with E-state index in [9.17, 15) is 5.11 Å². The van der Waals surface area contributed by atoms with Crippen LogP contribution in [-0.2, 0) is 0 Å². The standard InChI is InChI=1S/C49H33N3O2/c1-31-22-24-32(25-23-31)34-26-27-50-42(30-34)41-29-35(28-40-38-15-7-10-21-46(38)54-48(40)41)37-17-11-19-44-47(37)51-49(39-16-6-9-20-45(39)53)52(44)43-18-8-5-14-36(43)33-12-3-2-4-13-33/h2-30,53H,1H3/i1D3. The van der Waals surface area contributed by atoms with Gasteiger partial charge in [-0.25, -0.2) is 4.98 Å². The van der Waals surface area contributed by atoms with Crippen molar-refractivity contribution in [2.75, 3.05) is 0 Å². The number of furan rings is 1. The van der Waals surface area contributed by atoms with Gasteiger partial charge in [-0.3, -0.25) is 9.55 Å². The van der Waals surface area contributed by atoms with Gasteiger partial charge in [0.1, 0.15) is 22.7 Å². The number of pyridine rings is 1. The molecule has 0 aliphatic heterocycles. The Morgan fingerprint density at radius 1 is 0.574 bits per heavy atom. The van der Waals surface area contributed by atoms with E-state index < -0.39 is 6.85 Å². The van der Waals surface area contributed by atoms with Crippen molar-refractivity contribution < 1.29 is 13.6 Å². The van der Waals surface area contributed by atoms with Gasteiger partial charge in [-0.05, 0) is 83.7 Å². The number of hydrogen-bond acceptors (Lipinski definition) is 4. The van der Waals surface area contributed by atoms with Gasteiger partial charge in [-0.2, -0.15) is 0 Å². The average Bonchev–Trinajstić information content (AvgIpc) is 3.82. The minimum atomic E-state index is -2.18. The largest absolute Gasteiger partial charge is 0.507 e. The Balaban J connectivity index is 1.22. The summed E-state index contributed by atoms with van der Waals surface area (Å²) in [4.78, 5) is 10.2. The van der Waals surface area contributed by atoms with E-state index in [0.29, 0.717) is 28.2 Å². The summed E-state index contributed by atoms with van der Waals surface area (Å²) in [5, 5.41) is 13.2. The molecular formula is C49H33N3O2. The molecule has 0 aliphatic carbocycles. The molecule has 10 rings (SSSR count). The topological polar surface area (TPSA) is 64.1 Å². The molecule has 0 atom stereocenters. The fourth-order valence-electron chi connectivity index (χ4n) is 7.54. The van der Waals surface area contributed by atoms with Crippen molar-refractivity contribution in [2.45, 2.75) is 6.85 Å². The molecule has 0 unspecified atom stereocenters. The second-order valence-corrected chi connectivity index (χ2v) is 13.4. The monoisotopic (exact) mass is 698 g/mol. The summed E-state index contributed by atoms with van der Waals surface area (Å²) in [7, 11) is 0. The molecule has 0 saturated heterocycles. The first-order chi connectivity index (χ1) is 27.8. The van der Waals surface area contributed by atoms with Crippen molar-refractivity contribution in [2.24, 2.45) is 0 Å². The number of hydrogen-bond donors (Lipinski definition) is 1. The summed E-state index contributed by atoms with van der Waals surface area (Å²) in [6.45, 7) is -2.18. The highest BCUT2D eigenvalue weighted by molar-refractivity contribution is 6.12. The van der Waals surface area contributed by atoms with Gasteiger partial charge in [0.05, 0.1) is 28.0 Å². The molecular weight excluding hydrogens is 663 g/mol. The van der Waals surface area contributed by atoms with Crippen LogP contribution in [0.1, 0.15) is 9.68 Å². The molecule has 0 bridgehead atoms. The van der Waals surface area contributed by atoms with E-state index in [0.717, 1.165) is 72.0 Å². The first kappa shape index (κ1) is 28.4. The van der Waals surface area contributed by atoms with Crippen molar-refractivity contribution in [1.29, 1.82) is 0 Å². The number of aryl methyl sites for hydroxylation is 1. The molecule has 0 radical (unpaired) electrons. The molecule has 10 aromatic rings. The number of fused-ring (bicyclic) bond motifs is 4. The Morgan fingerprint density at radius 2 is 1.33 bits per heavy atom. The highest BCUT2D eigenvalue weighted by Crippen LogP contribution is 2.43. The first-order valence-corrected chi connectivity index (χ1v) is 17.8. The second-order valence-electron chi connectivity index (χ2n) is 13.4. The van der Waals surface area contributed by atoms with Crippen LogP contribution >= 0.6 is 0 Å². The molecule has 3 heterocycles. The molecule has 5 heteroatoms. The summed E-state index contributed by atoms with van der Waals surface area (Å²) >= 11 is 0. The smallest absolute Gasteiger partial charge is 0.149 e. The number of benzene rings is 7. The third kappa shape index (κ3) is 5.25. The third-order valence-corrected chi connectivity index (χ3v) is 10.1. The van der Waals surface area contributed by atoms with Crippen LogP contribution in [0.25, 0.3) is 94.7 Å². The van der Waals surface area contributed by atoms with Crippen LogP contribution < -0.4 is 0 Å². The van der Waals surface area contributed by atoms with Crippen LogP contribution in [0.5, 0.6) is 5.75 Å². The summed E-state index contributed by atoms with van der Waals surface area (Å²) in [6.07, 6.45) is 1.77. The second kappa shape index (κ2) is 12.8. The van der Waals surface area contributed by atoms with Gasteiger partial charge in [0.15, 0.2) is 0 Å². The Hall–Kier alpha value is -7.24. The number of aromatic hydroxyl groups is 1. The van der Waals surface area contributed by atoms with E-state index in [1.165, 1.54) is 0 Å². The van der Waals surface area contributed by atoms with Gasteiger partial charge in [0.25, 0.3) is 0 Å². The maximum Gasteiger partial charge on any atom is 0.149 e. The zero-order valence-electron chi connectivity index (χ0n) is 31.9. The first-order valence-electron chi connectivity index (χ1n) is 19.3. The Bertz CT molecular complexity index is 3130. The van der Waals surface area contributed by atoms with Gasteiger partial charge in [0, 0.05) is 37.8 Å². The zero-order valence-corrected chi connectivity index (χ0v) is 28.9. The van der Waals surface area contributed by atoms with Crippen molar-refractivity contribution in [3.05, 3.63) is 182 Å². The fraction of sp³-hybridized carbons (Fsp3) is 0.0204. The number of imidazole rings is 1. The summed E-state index contributed by atoms with van der Waals surface area (Å²) < 4.78 is 32.1. The molecule has 0 saturated carbocycles. The van der Waals surface area contributed by atoms with Gasteiger partial charge >= 0.3 is 0 Å². The minimum absolute atomic E-state index is 0.139. The van der Waals surface area contributed by atoms with E-state index in [1.807, 2.05) is 91.0 Å². The fourth-order valence-corrected chi connectivity index (χ4v) is 7.54. The predicted octanol–water partition coefficient (Wildman–Crippen LogP) is 12.7. The number of para-hydroxylation sites is 4. The number of aromatic nitrogens is 3. The summed E-state index contributed by atoms with van der Waals surface area (Å²) in [5.74, 6) is 0.758. The van der Waals surface area contributed by atoms with E-state index in [-0.39, 0.29) is 5.75 Å². The van der Waals surface area contributed by atoms with Crippen LogP contribution in [0, 0.1) is 6.85 Å². The lowest BCUT2D eigenvalue weighted by molar-refractivity contribution is 0.477. The maximum absolute atomic E-state index is 11.2. The lowest BCUT2D eigenvalue weighted by Gasteiger charge is -2.15. The molecule has 3 aromatic heterocycles. The van der Waals surface area contributed by atoms with E-state index in [1.54, 1.807) is 24.4 Å². The number of phenols is 1. The van der Waals surface area contributed by atoms with Crippen LogP contribution in [0.3, 0.4) is 0 Å². The molecule has 0 spiro atoms. The number of phenolic OH excluding ortho intramolecular Hbond substituents is 1. The van der Waals surface area contributed by atoms with Gasteiger partial charge < -0.3 is 9.52 Å². The van der Waals surface area contributed by atoms with E-state index >= 15 is 0 Å². The zero-order chi connectivity index (χ0) is 38.7. The third-order valence-electron chi connectivity index (χ3n) is 10.1. The molecule has 7 aromatic carbocycles. The molecule has 1 N–H and O–H groups in total. The normalized spacial score (nSPS) is 12.6. The van der Waals surface area contributed by atoms with Crippen molar-refractivity contribution in [3.63, 3.8) is 0 Å². The average molecular weight is 699 g/mol. The van der Waals surface area contributed by atoms with Crippen LogP contribution in [0.4, 0.5) is 0 Å². The molecule has 0 fully saturated rings. The number of nitrogens with zero attached hydrogens (tertiary/aromatic N) is 3. The summed E-state index contributed by atoms with van der Waals surface area (Å²) in [5.41, 5.74) is 12.2. The molecule has 54 heavy (non-hydrogen) atoms. The Labute approximate surface area is 316 Å². The molecule has 256 valence electrons. The highest BCUT2D eigenvalue weighted by Gasteiger charge is 2.23. The quantitative estimate of drug-likeness (QED) is 0.188. The van der Waals surface area contributed by atoms with Gasteiger partial charge in [-0.1, -0.05) is 121 Å². The van der Waals surface area contributed by atoms with E-state index in [2.05, 4.69) is 65.2 Å². The van der Waals surface area contributed by atoms with Gasteiger partial charge in [0.2, 0.25) is 0 Å². The maximum atomic E-state index is 11.2. The molecule has 0 amide bonds. The Morgan fingerprint density at radius 3 is 2.19 bits per heavy atom. The van der Waals surface area contributed by atoms with Crippen molar-refractivity contribution in [3.8, 4) is 67.5 Å². The van der Waals surface area contributed by atoms with Crippen molar-refractivity contribution >= 4 is 33.0 Å². The van der Waals surface area contributed by atoms with Gasteiger partial charge in [-0.15, -0.1) is 0 Å². The SMILES string of the molecule is [2H]C([2H])([2H])c1ccc(-c2ccnc(-c3cc(-c4cccc5c4nc(-c4ccccc4O)n5-c4ccccc4-c4ccccc4)cc4c3oc3ccccc34)c2)cc1. The minimum Gasteiger partial charge on any atom is -0.507 e. The summed E-state index contributed by atoms with van der Waals surface area (Å²) in [6, 6.07) is 55.3. The number of rotatable bonds is 6.